The van der Waals surface area contributed by atoms with E-state index in [0.717, 1.165) is 12.8 Å². The second-order valence-corrected chi connectivity index (χ2v) is 3.52. The zero-order valence-electron chi connectivity index (χ0n) is 9.47. The molecule has 0 atom stereocenters. The summed E-state index contributed by atoms with van der Waals surface area (Å²) in [5.74, 6) is 0.157. The first-order chi connectivity index (χ1) is 7.71. The number of nitrogens with zero attached hydrogens (tertiary/aromatic N) is 1. The first kappa shape index (κ1) is 12.4. The molecule has 4 heteroatoms. The highest BCUT2D eigenvalue weighted by molar-refractivity contribution is 5.75. The summed E-state index contributed by atoms with van der Waals surface area (Å²) < 4.78 is 5.18. The molecule has 0 amide bonds. The van der Waals surface area contributed by atoms with Crippen LogP contribution in [0.3, 0.4) is 0 Å². The summed E-state index contributed by atoms with van der Waals surface area (Å²) in [5.41, 5.74) is 0.322. The minimum Gasteiger partial charge on any atom is -0.426 e. The Morgan fingerprint density at radius 2 is 1.81 bits per heavy atom. The molecule has 0 aromatic heterocycles. The molecule has 0 heterocycles. The van der Waals surface area contributed by atoms with Crippen molar-refractivity contribution in [2.45, 2.75) is 26.7 Å². The Morgan fingerprint density at radius 1 is 1.25 bits per heavy atom. The van der Waals surface area contributed by atoms with Crippen LogP contribution < -0.4 is 4.74 Å². The van der Waals surface area contributed by atoms with Crippen molar-refractivity contribution in [2.24, 2.45) is 11.1 Å². The molecular weight excluding hydrogens is 206 g/mol. The standard InChI is InChI=1S/C12H15NO3/c1-3-9(4-2)12(14)16-11-7-5-10(13-15)6-8-11/h5-9H,3-4H2,1-2H3. The molecule has 16 heavy (non-hydrogen) atoms. The van der Waals surface area contributed by atoms with Crippen molar-refractivity contribution in [1.29, 1.82) is 0 Å². The highest BCUT2D eigenvalue weighted by atomic mass is 16.5. The predicted octanol–water partition coefficient (Wildman–Crippen LogP) is 3.43. The monoisotopic (exact) mass is 221 g/mol. The second kappa shape index (κ2) is 6.00. The fraction of sp³-hybridized carbons (Fsp3) is 0.417. The number of rotatable bonds is 5. The zero-order valence-corrected chi connectivity index (χ0v) is 9.47. The number of hydrogen-bond acceptors (Lipinski definition) is 4. The van der Waals surface area contributed by atoms with Gasteiger partial charge in [0.25, 0.3) is 0 Å². The van der Waals surface area contributed by atoms with Crippen LogP contribution in [0, 0.1) is 10.8 Å². The van der Waals surface area contributed by atoms with E-state index in [0.29, 0.717) is 11.4 Å². The molecule has 0 spiro atoms. The molecule has 0 saturated carbocycles. The molecular formula is C12H15NO3. The summed E-state index contributed by atoms with van der Waals surface area (Å²) in [6, 6.07) is 6.17. The van der Waals surface area contributed by atoms with Gasteiger partial charge in [-0.2, -0.15) is 0 Å². The van der Waals surface area contributed by atoms with Gasteiger partial charge in [0.05, 0.1) is 5.92 Å². The molecule has 1 aromatic carbocycles. The van der Waals surface area contributed by atoms with Crippen LogP contribution in [0.5, 0.6) is 5.75 Å². The van der Waals surface area contributed by atoms with Crippen molar-refractivity contribution >= 4 is 11.7 Å². The van der Waals surface area contributed by atoms with Crippen LogP contribution in [-0.4, -0.2) is 5.97 Å². The molecule has 1 aromatic rings. The summed E-state index contributed by atoms with van der Waals surface area (Å²) in [4.78, 5) is 21.8. The van der Waals surface area contributed by atoms with Crippen molar-refractivity contribution in [3.05, 3.63) is 29.2 Å². The maximum absolute atomic E-state index is 11.6. The maximum atomic E-state index is 11.6. The number of nitroso groups, excluding NO2 is 1. The van der Waals surface area contributed by atoms with Crippen molar-refractivity contribution in [2.75, 3.05) is 0 Å². The Morgan fingerprint density at radius 3 is 2.25 bits per heavy atom. The summed E-state index contributed by atoms with van der Waals surface area (Å²) in [7, 11) is 0. The third-order valence-corrected chi connectivity index (χ3v) is 2.48. The van der Waals surface area contributed by atoms with Gasteiger partial charge in [0.2, 0.25) is 0 Å². The zero-order chi connectivity index (χ0) is 12.0. The van der Waals surface area contributed by atoms with Crippen LogP contribution in [0.1, 0.15) is 26.7 Å². The molecule has 0 bridgehead atoms. The van der Waals surface area contributed by atoms with Gasteiger partial charge in [-0.3, -0.25) is 4.79 Å². The minimum absolute atomic E-state index is 0.0659. The lowest BCUT2D eigenvalue weighted by Crippen LogP contribution is -2.19. The molecule has 1 rings (SSSR count). The lowest BCUT2D eigenvalue weighted by atomic mass is 10.0. The van der Waals surface area contributed by atoms with Gasteiger partial charge < -0.3 is 4.74 Å². The van der Waals surface area contributed by atoms with Crippen LogP contribution in [-0.2, 0) is 4.79 Å². The third-order valence-electron chi connectivity index (χ3n) is 2.48. The van der Waals surface area contributed by atoms with Gasteiger partial charge in [-0.25, -0.2) is 0 Å². The van der Waals surface area contributed by atoms with Crippen LogP contribution in [0.4, 0.5) is 5.69 Å². The second-order valence-electron chi connectivity index (χ2n) is 3.52. The lowest BCUT2D eigenvalue weighted by Gasteiger charge is -2.11. The molecule has 0 aliphatic heterocycles. The average molecular weight is 221 g/mol. The van der Waals surface area contributed by atoms with E-state index in [1.807, 2.05) is 13.8 Å². The number of carbonyl (C=O) groups is 1. The Balaban J connectivity index is 2.65. The number of carbonyl (C=O) groups excluding carboxylic acids is 1. The van der Waals surface area contributed by atoms with Crippen LogP contribution in [0.25, 0.3) is 0 Å². The van der Waals surface area contributed by atoms with Crippen molar-refractivity contribution in [1.82, 2.24) is 0 Å². The van der Waals surface area contributed by atoms with Gasteiger partial charge >= 0.3 is 5.97 Å². The van der Waals surface area contributed by atoms with Crippen LogP contribution in [0.2, 0.25) is 0 Å². The van der Waals surface area contributed by atoms with E-state index in [2.05, 4.69) is 5.18 Å². The normalized spacial score (nSPS) is 10.2. The fourth-order valence-electron chi connectivity index (χ4n) is 1.40. The fourth-order valence-corrected chi connectivity index (χ4v) is 1.40. The van der Waals surface area contributed by atoms with E-state index >= 15 is 0 Å². The Hall–Kier alpha value is -1.71. The molecule has 0 aliphatic carbocycles. The van der Waals surface area contributed by atoms with Crippen molar-refractivity contribution < 1.29 is 9.53 Å². The van der Waals surface area contributed by atoms with Crippen molar-refractivity contribution in [3.8, 4) is 5.75 Å². The number of benzene rings is 1. The van der Waals surface area contributed by atoms with Gasteiger partial charge in [-0.15, -0.1) is 4.91 Å². The topological polar surface area (TPSA) is 55.7 Å². The largest absolute Gasteiger partial charge is 0.426 e. The molecule has 0 saturated heterocycles. The van der Waals surface area contributed by atoms with E-state index in [1.165, 1.54) is 12.1 Å². The first-order valence-electron chi connectivity index (χ1n) is 5.36. The van der Waals surface area contributed by atoms with Gasteiger partial charge in [0.15, 0.2) is 0 Å². The van der Waals surface area contributed by atoms with Crippen LogP contribution >= 0.6 is 0 Å². The Labute approximate surface area is 94.6 Å². The maximum Gasteiger partial charge on any atom is 0.314 e. The van der Waals surface area contributed by atoms with Gasteiger partial charge in [-0.1, -0.05) is 13.8 Å². The molecule has 0 fully saturated rings. The first-order valence-corrected chi connectivity index (χ1v) is 5.36. The smallest absolute Gasteiger partial charge is 0.314 e. The molecule has 0 aliphatic rings. The molecule has 0 radical (unpaired) electrons. The molecule has 4 nitrogen and oxygen atoms in total. The van der Waals surface area contributed by atoms with E-state index in [9.17, 15) is 9.70 Å². The van der Waals surface area contributed by atoms with Gasteiger partial charge in [0, 0.05) is 0 Å². The highest BCUT2D eigenvalue weighted by Crippen LogP contribution is 2.19. The van der Waals surface area contributed by atoms with E-state index in [1.54, 1.807) is 12.1 Å². The number of hydrogen-bond donors (Lipinski definition) is 0. The Kier molecular flexibility index (Phi) is 4.64. The lowest BCUT2D eigenvalue weighted by molar-refractivity contribution is -0.139. The quantitative estimate of drug-likeness (QED) is 0.435. The highest BCUT2D eigenvalue weighted by Gasteiger charge is 2.16. The predicted molar refractivity (Wildman–Crippen MR) is 61.6 cm³/mol. The van der Waals surface area contributed by atoms with Gasteiger partial charge in [-0.05, 0) is 42.3 Å². The van der Waals surface area contributed by atoms with Crippen molar-refractivity contribution in [3.63, 3.8) is 0 Å². The summed E-state index contributed by atoms with van der Waals surface area (Å²) >= 11 is 0. The summed E-state index contributed by atoms with van der Waals surface area (Å²) in [6.45, 7) is 3.91. The molecule has 86 valence electrons. The molecule has 0 unspecified atom stereocenters. The average Bonchev–Trinajstić information content (AvgIpc) is 2.31. The van der Waals surface area contributed by atoms with E-state index < -0.39 is 0 Å². The third kappa shape index (κ3) is 3.15. The number of esters is 1. The van der Waals surface area contributed by atoms with Crippen LogP contribution in [0.15, 0.2) is 29.4 Å². The Bertz CT molecular complexity index is 355. The number of ether oxygens (including phenoxy) is 1. The van der Waals surface area contributed by atoms with E-state index in [-0.39, 0.29) is 11.9 Å². The SMILES string of the molecule is CCC(CC)C(=O)Oc1ccc(N=O)cc1. The molecule has 0 N–H and O–H groups in total. The minimum atomic E-state index is -0.225. The summed E-state index contributed by atoms with van der Waals surface area (Å²) in [6.07, 6.45) is 1.53. The van der Waals surface area contributed by atoms with E-state index in [4.69, 9.17) is 4.74 Å². The van der Waals surface area contributed by atoms with Gasteiger partial charge in [0.1, 0.15) is 11.4 Å². The summed E-state index contributed by atoms with van der Waals surface area (Å²) in [5, 5.41) is 2.77.